The first-order chi connectivity index (χ1) is 11.8. The van der Waals surface area contributed by atoms with Crippen LogP contribution in [0.15, 0.2) is 18.2 Å². The molecule has 25 heavy (non-hydrogen) atoms. The van der Waals surface area contributed by atoms with Crippen LogP contribution in [0.3, 0.4) is 0 Å². The normalized spacial score (nSPS) is 10.4. The van der Waals surface area contributed by atoms with E-state index >= 15 is 0 Å². The van der Waals surface area contributed by atoms with Crippen LogP contribution in [-0.2, 0) is 4.74 Å². The minimum absolute atomic E-state index is 0.133. The maximum Gasteiger partial charge on any atom is 0.338 e. The number of aromatic nitrogens is 2. The molecule has 0 amide bonds. The van der Waals surface area contributed by atoms with Crippen LogP contribution < -0.4 is 4.90 Å². The van der Waals surface area contributed by atoms with E-state index in [9.17, 15) is 14.9 Å². The number of ether oxygens (including phenoxy) is 1. The quantitative estimate of drug-likeness (QED) is 0.466. The van der Waals surface area contributed by atoms with Crippen LogP contribution in [0.5, 0.6) is 0 Å². The summed E-state index contributed by atoms with van der Waals surface area (Å²) in [4.78, 5) is 33.3. The summed E-state index contributed by atoms with van der Waals surface area (Å²) >= 11 is 0. The number of rotatable bonds is 5. The molecule has 8 heteroatoms. The summed E-state index contributed by atoms with van der Waals surface area (Å²) in [6.45, 7) is 7.36. The highest BCUT2D eigenvalue weighted by molar-refractivity contribution is 5.91. The first kappa shape index (κ1) is 18.3. The van der Waals surface area contributed by atoms with Crippen molar-refractivity contribution < 1.29 is 14.5 Å². The van der Waals surface area contributed by atoms with Gasteiger partial charge in [0.05, 0.1) is 34.2 Å². The van der Waals surface area contributed by atoms with E-state index in [0.29, 0.717) is 17.2 Å². The zero-order valence-electron chi connectivity index (χ0n) is 14.9. The first-order valence-corrected chi connectivity index (χ1v) is 7.77. The highest BCUT2D eigenvalue weighted by Gasteiger charge is 2.23. The number of carbonyl (C=O) groups excluding carboxylic acids is 1. The summed E-state index contributed by atoms with van der Waals surface area (Å²) in [5.74, 6) is -0.0722. The predicted molar refractivity (Wildman–Crippen MR) is 93.4 cm³/mol. The summed E-state index contributed by atoms with van der Waals surface area (Å²) in [5, 5.41) is 11.5. The van der Waals surface area contributed by atoms with Gasteiger partial charge in [0, 0.05) is 13.1 Å². The van der Waals surface area contributed by atoms with Crippen molar-refractivity contribution in [1.82, 2.24) is 9.97 Å². The van der Waals surface area contributed by atoms with E-state index in [0.717, 1.165) is 11.4 Å². The molecule has 132 valence electrons. The molecule has 0 aliphatic heterocycles. The predicted octanol–water partition coefficient (Wildman–Crippen LogP) is 3.25. The van der Waals surface area contributed by atoms with Gasteiger partial charge in [0.15, 0.2) is 5.82 Å². The van der Waals surface area contributed by atoms with Crippen molar-refractivity contribution >= 4 is 23.2 Å². The van der Waals surface area contributed by atoms with Gasteiger partial charge in [0.1, 0.15) is 5.69 Å². The van der Waals surface area contributed by atoms with Crippen LogP contribution in [0.2, 0.25) is 0 Å². The molecule has 0 saturated carbocycles. The molecule has 8 nitrogen and oxygen atoms in total. The average Bonchev–Trinajstić information content (AvgIpc) is 2.57. The maximum atomic E-state index is 11.8. The van der Waals surface area contributed by atoms with Gasteiger partial charge in [-0.25, -0.2) is 9.78 Å². The third-order valence-electron chi connectivity index (χ3n) is 3.82. The topological polar surface area (TPSA) is 98.5 Å². The molecule has 2 rings (SSSR count). The number of aryl methyl sites for hydroxylation is 3. The van der Waals surface area contributed by atoms with E-state index in [4.69, 9.17) is 4.74 Å². The molecule has 0 aliphatic rings. The second-order valence-corrected chi connectivity index (χ2v) is 5.54. The summed E-state index contributed by atoms with van der Waals surface area (Å²) < 4.78 is 4.90. The van der Waals surface area contributed by atoms with Crippen molar-refractivity contribution in [2.24, 2.45) is 0 Å². The SMILES string of the molecule is CCOC(=O)c1ccc(N(C)c2nc(C)c(C)nc2C)c([N+](=O)[O-])c1. The average molecular weight is 344 g/mol. The van der Waals surface area contributed by atoms with E-state index < -0.39 is 10.9 Å². The standard InChI is InChI=1S/C17H20N4O4/c1-6-25-17(22)13-7-8-14(15(9-13)21(23)24)20(5)16-12(4)18-10(2)11(3)19-16/h7-9H,6H2,1-5H3. The fourth-order valence-electron chi connectivity index (χ4n) is 2.43. The lowest BCUT2D eigenvalue weighted by molar-refractivity contribution is -0.384. The van der Waals surface area contributed by atoms with Gasteiger partial charge in [0.25, 0.3) is 5.69 Å². The molecule has 0 atom stereocenters. The fraction of sp³-hybridized carbons (Fsp3) is 0.353. The minimum atomic E-state index is -0.595. The number of hydrogen-bond donors (Lipinski definition) is 0. The number of nitrogens with zero attached hydrogens (tertiary/aromatic N) is 4. The third-order valence-corrected chi connectivity index (χ3v) is 3.82. The van der Waals surface area contributed by atoms with Crippen LogP contribution in [0.4, 0.5) is 17.2 Å². The van der Waals surface area contributed by atoms with Gasteiger partial charge < -0.3 is 9.64 Å². The highest BCUT2D eigenvalue weighted by Crippen LogP contribution is 2.33. The van der Waals surface area contributed by atoms with Gasteiger partial charge in [-0.3, -0.25) is 15.1 Å². The number of esters is 1. The zero-order valence-corrected chi connectivity index (χ0v) is 14.9. The largest absolute Gasteiger partial charge is 0.462 e. The van der Waals surface area contributed by atoms with Crippen molar-refractivity contribution in [3.05, 3.63) is 51.0 Å². The Bertz CT molecular complexity index is 836. The van der Waals surface area contributed by atoms with Crippen molar-refractivity contribution in [3.63, 3.8) is 0 Å². The molecule has 2 aromatic rings. The van der Waals surface area contributed by atoms with Gasteiger partial charge in [-0.05, 0) is 39.8 Å². The van der Waals surface area contributed by atoms with Crippen molar-refractivity contribution in [1.29, 1.82) is 0 Å². The second kappa shape index (κ2) is 7.25. The Kier molecular flexibility index (Phi) is 5.31. The van der Waals surface area contributed by atoms with Gasteiger partial charge in [-0.1, -0.05) is 0 Å². The van der Waals surface area contributed by atoms with Gasteiger partial charge in [-0.2, -0.15) is 0 Å². The Morgan fingerprint density at radius 2 is 1.84 bits per heavy atom. The molecular weight excluding hydrogens is 324 g/mol. The van der Waals surface area contributed by atoms with Crippen LogP contribution in [0.1, 0.15) is 34.4 Å². The molecule has 0 radical (unpaired) electrons. The summed E-state index contributed by atoms with van der Waals surface area (Å²) in [6.07, 6.45) is 0. The van der Waals surface area contributed by atoms with Gasteiger partial charge >= 0.3 is 5.97 Å². The molecule has 0 unspecified atom stereocenters. The molecule has 0 fully saturated rings. The molecule has 1 heterocycles. The van der Waals surface area contributed by atoms with Gasteiger partial charge in [-0.15, -0.1) is 0 Å². The third kappa shape index (κ3) is 3.73. The van der Waals surface area contributed by atoms with Crippen LogP contribution in [-0.4, -0.2) is 34.5 Å². The monoisotopic (exact) mass is 344 g/mol. The smallest absolute Gasteiger partial charge is 0.338 e. The number of nitro groups is 1. The molecular formula is C17H20N4O4. The summed E-state index contributed by atoms with van der Waals surface area (Å²) in [6, 6.07) is 4.23. The molecule has 0 aliphatic carbocycles. The van der Waals surface area contributed by atoms with Gasteiger partial charge in [0.2, 0.25) is 0 Å². The van der Waals surface area contributed by atoms with Crippen LogP contribution in [0, 0.1) is 30.9 Å². The van der Waals surface area contributed by atoms with Crippen LogP contribution in [0.25, 0.3) is 0 Å². The number of anilines is 2. The second-order valence-electron chi connectivity index (χ2n) is 5.54. The Morgan fingerprint density at radius 1 is 1.20 bits per heavy atom. The first-order valence-electron chi connectivity index (χ1n) is 7.77. The number of carbonyl (C=O) groups is 1. The van der Waals surface area contributed by atoms with E-state index in [-0.39, 0.29) is 17.9 Å². The lowest BCUT2D eigenvalue weighted by Gasteiger charge is -2.21. The molecule has 1 aromatic carbocycles. The Hall–Kier alpha value is -3.03. The molecule has 1 aromatic heterocycles. The molecule has 0 N–H and O–H groups in total. The summed E-state index contributed by atoms with van der Waals surface area (Å²) in [5.41, 5.74) is 2.47. The van der Waals surface area contributed by atoms with E-state index in [1.807, 2.05) is 13.8 Å². The van der Waals surface area contributed by atoms with E-state index in [1.54, 1.807) is 25.8 Å². The number of hydrogen-bond acceptors (Lipinski definition) is 7. The maximum absolute atomic E-state index is 11.8. The lowest BCUT2D eigenvalue weighted by atomic mass is 10.1. The Labute approximate surface area is 145 Å². The number of benzene rings is 1. The minimum Gasteiger partial charge on any atom is -0.462 e. The summed E-state index contributed by atoms with van der Waals surface area (Å²) in [7, 11) is 1.68. The highest BCUT2D eigenvalue weighted by atomic mass is 16.6. The fourth-order valence-corrected chi connectivity index (χ4v) is 2.43. The van der Waals surface area contributed by atoms with E-state index in [1.165, 1.54) is 18.2 Å². The van der Waals surface area contributed by atoms with E-state index in [2.05, 4.69) is 9.97 Å². The van der Waals surface area contributed by atoms with Crippen molar-refractivity contribution in [3.8, 4) is 0 Å². The lowest BCUT2D eigenvalue weighted by Crippen LogP contribution is -2.17. The Balaban J connectivity index is 2.53. The Morgan fingerprint density at radius 3 is 2.44 bits per heavy atom. The molecule has 0 spiro atoms. The van der Waals surface area contributed by atoms with Crippen molar-refractivity contribution in [2.45, 2.75) is 27.7 Å². The van der Waals surface area contributed by atoms with Crippen LogP contribution >= 0.6 is 0 Å². The zero-order chi connectivity index (χ0) is 18.7. The molecule has 0 saturated heterocycles. The van der Waals surface area contributed by atoms with Crippen molar-refractivity contribution in [2.75, 3.05) is 18.6 Å². The number of nitro benzene ring substituents is 1. The molecule has 0 bridgehead atoms.